The maximum atomic E-state index is 12.0. The van der Waals surface area contributed by atoms with Gasteiger partial charge in [0.15, 0.2) is 0 Å². The minimum Gasteiger partial charge on any atom is -0.463 e. The number of alkyl halides is 6. The molecule has 25 heavy (non-hydrogen) atoms. The van der Waals surface area contributed by atoms with Gasteiger partial charge in [-0.2, -0.15) is 26.3 Å². The van der Waals surface area contributed by atoms with E-state index in [1.165, 1.54) is 11.9 Å². The number of aromatic amines is 1. The minimum atomic E-state index is -4.70. The van der Waals surface area contributed by atoms with Crippen LogP contribution in [0.5, 0.6) is 0 Å². The number of carbonyl (C=O) groups excluding carboxylic acids is 1. The highest BCUT2D eigenvalue weighted by atomic mass is 19.4. The van der Waals surface area contributed by atoms with Gasteiger partial charge >= 0.3 is 24.0 Å². The summed E-state index contributed by atoms with van der Waals surface area (Å²) in [7, 11) is 1.08. The van der Waals surface area contributed by atoms with E-state index in [4.69, 9.17) is 0 Å². The van der Waals surface area contributed by atoms with Crippen molar-refractivity contribution < 1.29 is 35.9 Å². The zero-order chi connectivity index (χ0) is 20.0. The van der Waals surface area contributed by atoms with Gasteiger partial charge in [-0.3, -0.25) is 9.36 Å². The quantitative estimate of drug-likeness (QED) is 0.455. The van der Waals surface area contributed by atoms with Crippen LogP contribution in [-0.4, -0.2) is 28.3 Å². The Morgan fingerprint density at radius 3 is 2.16 bits per heavy atom. The number of nitrogens with one attached hydrogen (secondary N) is 1. The summed E-state index contributed by atoms with van der Waals surface area (Å²) < 4.78 is 75.6. The number of rotatable bonds is 2. The number of carbonyl (C=O) groups is 1. The molecule has 3 N–H and O–H groups in total. The summed E-state index contributed by atoms with van der Waals surface area (Å²) in [6, 6.07) is 0.335. The van der Waals surface area contributed by atoms with Crippen LogP contribution in [0.3, 0.4) is 0 Å². The number of nitrogens with zero attached hydrogens (tertiary/aromatic N) is 1. The molecule has 0 unspecified atom stereocenters. The molecule has 1 rings (SSSR count). The third kappa shape index (κ3) is 7.58. The van der Waals surface area contributed by atoms with Crippen molar-refractivity contribution in [1.82, 2.24) is 9.55 Å². The molecule has 13 heteroatoms. The van der Waals surface area contributed by atoms with E-state index >= 15 is 0 Å². The number of H-pyrrole nitrogens is 1. The van der Waals surface area contributed by atoms with E-state index in [-0.39, 0.29) is 12.7 Å². The van der Waals surface area contributed by atoms with Crippen LogP contribution >= 0.6 is 0 Å². The van der Waals surface area contributed by atoms with Crippen LogP contribution in [-0.2, 0) is 22.8 Å². The Bertz CT molecular complexity index is 714. The predicted octanol–water partition coefficient (Wildman–Crippen LogP) is 1.05. The van der Waals surface area contributed by atoms with Crippen LogP contribution in [0.1, 0.15) is 12.6 Å². The first-order valence-corrected chi connectivity index (χ1v) is 6.28. The highest BCUT2D eigenvalue weighted by Gasteiger charge is 2.33. The Kier molecular flexibility index (Phi) is 7.48. The molecular formula is C12H13F6N3O4. The van der Waals surface area contributed by atoms with Crippen LogP contribution in [0.4, 0.5) is 26.3 Å². The molecule has 1 aromatic rings. The van der Waals surface area contributed by atoms with Crippen molar-refractivity contribution in [2.45, 2.75) is 19.3 Å². The van der Waals surface area contributed by atoms with Crippen molar-refractivity contribution >= 4 is 5.97 Å². The van der Waals surface area contributed by atoms with Gasteiger partial charge < -0.3 is 15.5 Å². The highest BCUT2D eigenvalue weighted by Crippen LogP contribution is 2.25. The van der Waals surface area contributed by atoms with Crippen LogP contribution < -0.4 is 17.0 Å². The fraction of sp³-hybridized carbons (Fsp3) is 0.417. The largest absolute Gasteiger partial charge is 0.463 e. The zero-order valence-corrected chi connectivity index (χ0v) is 12.8. The number of halogens is 6. The second-order valence-electron chi connectivity index (χ2n) is 4.23. The normalized spacial score (nSPS) is 12.2. The molecule has 142 valence electrons. The van der Waals surface area contributed by atoms with E-state index in [1.54, 1.807) is 0 Å². The maximum Gasteiger partial charge on any atom is 0.431 e. The molecule has 1 heterocycles. The summed E-state index contributed by atoms with van der Waals surface area (Å²) in [6.45, 7) is 1.50. The van der Waals surface area contributed by atoms with Gasteiger partial charge in [-0.25, -0.2) is 9.59 Å². The summed E-state index contributed by atoms with van der Waals surface area (Å²) in [4.78, 5) is 33.4. The number of aromatic nitrogens is 2. The summed E-state index contributed by atoms with van der Waals surface area (Å²) >= 11 is 0. The second-order valence-corrected chi connectivity index (χ2v) is 4.23. The standard InChI is InChI=1S/C6H5F3N2O2.C6H8F3NO2/c1-11-4(12)2-3(6(7,8)9)10-5(11)13;1-2-12-5(11)3-4(10)6(7,8)9/h2H,1H3,(H,10,13);3H,2,10H2,1H3. The summed E-state index contributed by atoms with van der Waals surface area (Å²) in [6.07, 6.45) is -9.16. The molecule has 0 fully saturated rings. The Morgan fingerprint density at radius 1 is 1.28 bits per heavy atom. The van der Waals surface area contributed by atoms with Crippen LogP contribution in [0.25, 0.3) is 0 Å². The number of allylic oxidation sites excluding steroid dienone is 1. The first kappa shape index (κ1) is 22.3. The monoisotopic (exact) mass is 377 g/mol. The van der Waals surface area contributed by atoms with Gasteiger partial charge in [0.1, 0.15) is 11.4 Å². The Balaban J connectivity index is 0.000000463. The van der Waals surface area contributed by atoms with Crippen molar-refractivity contribution in [2.75, 3.05) is 6.61 Å². The molecule has 0 aromatic carbocycles. The molecule has 0 amide bonds. The van der Waals surface area contributed by atoms with Gasteiger partial charge in [-0.15, -0.1) is 0 Å². The first-order chi connectivity index (χ1) is 11.2. The number of nitrogens with two attached hydrogens (primary N) is 1. The van der Waals surface area contributed by atoms with Crippen LogP contribution in [0.2, 0.25) is 0 Å². The topological polar surface area (TPSA) is 107 Å². The summed E-state index contributed by atoms with van der Waals surface area (Å²) in [5.74, 6) is -1.09. The number of hydrogen-bond donors (Lipinski definition) is 2. The number of hydrogen-bond acceptors (Lipinski definition) is 5. The number of esters is 1. The van der Waals surface area contributed by atoms with E-state index in [9.17, 15) is 40.7 Å². The maximum absolute atomic E-state index is 12.0. The van der Waals surface area contributed by atoms with Crippen molar-refractivity contribution in [3.8, 4) is 0 Å². The lowest BCUT2D eigenvalue weighted by molar-refractivity contribution is -0.141. The van der Waals surface area contributed by atoms with Gasteiger partial charge in [-0.1, -0.05) is 0 Å². The Hall–Kier alpha value is -2.73. The van der Waals surface area contributed by atoms with Gasteiger partial charge in [0.2, 0.25) is 0 Å². The summed E-state index contributed by atoms with van der Waals surface area (Å²) in [5.41, 5.74) is -0.346. The summed E-state index contributed by atoms with van der Waals surface area (Å²) in [5, 5.41) is 0. The fourth-order valence-corrected chi connectivity index (χ4v) is 1.10. The molecule has 0 atom stereocenters. The first-order valence-electron chi connectivity index (χ1n) is 6.28. The molecule has 7 nitrogen and oxygen atoms in total. The van der Waals surface area contributed by atoms with Crippen molar-refractivity contribution in [3.63, 3.8) is 0 Å². The lowest BCUT2D eigenvalue weighted by Crippen LogP contribution is -2.34. The molecule has 0 radical (unpaired) electrons. The molecule has 0 bridgehead atoms. The van der Waals surface area contributed by atoms with E-state index in [0.29, 0.717) is 10.6 Å². The third-order valence-corrected chi connectivity index (χ3v) is 2.34. The SMILES string of the molecule is CCOC(=O)C=C(N)C(F)(F)F.Cn1c(=O)cc(C(F)(F)F)[nH]c1=O. The molecule has 0 saturated carbocycles. The number of ether oxygens (including phenoxy) is 1. The van der Waals surface area contributed by atoms with Gasteiger partial charge in [0, 0.05) is 13.1 Å². The van der Waals surface area contributed by atoms with Crippen LogP contribution in [0, 0.1) is 0 Å². The average molecular weight is 377 g/mol. The Labute approximate surface area is 135 Å². The molecule has 0 aliphatic rings. The third-order valence-electron chi connectivity index (χ3n) is 2.34. The average Bonchev–Trinajstić information content (AvgIpc) is 2.43. The molecule has 0 spiro atoms. The highest BCUT2D eigenvalue weighted by molar-refractivity contribution is 5.82. The van der Waals surface area contributed by atoms with E-state index in [2.05, 4.69) is 10.5 Å². The van der Waals surface area contributed by atoms with Crippen molar-refractivity contribution in [2.24, 2.45) is 12.8 Å². The van der Waals surface area contributed by atoms with Crippen molar-refractivity contribution in [1.29, 1.82) is 0 Å². The lowest BCUT2D eigenvalue weighted by Gasteiger charge is -2.05. The molecular weight excluding hydrogens is 364 g/mol. The minimum absolute atomic E-state index is 0.0144. The molecule has 0 saturated heterocycles. The fourth-order valence-electron chi connectivity index (χ4n) is 1.10. The van der Waals surface area contributed by atoms with Gasteiger partial charge in [0.05, 0.1) is 12.7 Å². The van der Waals surface area contributed by atoms with Crippen LogP contribution in [0.15, 0.2) is 27.4 Å². The molecule has 0 aliphatic carbocycles. The van der Waals surface area contributed by atoms with Gasteiger partial charge in [-0.05, 0) is 6.92 Å². The zero-order valence-electron chi connectivity index (χ0n) is 12.8. The predicted molar refractivity (Wildman–Crippen MR) is 72.3 cm³/mol. The lowest BCUT2D eigenvalue weighted by atomic mass is 10.4. The van der Waals surface area contributed by atoms with E-state index < -0.39 is 41.0 Å². The van der Waals surface area contributed by atoms with Gasteiger partial charge in [0.25, 0.3) is 5.56 Å². The Morgan fingerprint density at radius 2 is 1.80 bits per heavy atom. The smallest absolute Gasteiger partial charge is 0.431 e. The molecule has 0 aliphatic heterocycles. The van der Waals surface area contributed by atoms with Crippen molar-refractivity contribution in [3.05, 3.63) is 44.4 Å². The second kappa shape index (κ2) is 8.39. The van der Waals surface area contributed by atoms with E-state index in [1.807, 2.05) is 0 Å². The van der Waals surface area contributed by atoms with E-state index in [0.717, 1.165) is 7.05 Å². The molecule has 1 aromatic heterocycles.